The van der Waals surface area contributed by atoms with E-state index in [9.17, 15) is 0 Å². The average Bonchev–Trinajstić information content (AvgIpc) is 3.23. The van der Waals surface area contributed by atoms with Crippen molar-refractivity contribution in [2.45, 2.75) is 25.7 Å². The standard InChI is InChI=1S/C48H50O4P2/c1-49-47-33-37-25-27-45(47)51-29-15-16-30-52-46-28-26-38(34-48(46)50-2)32-40(36-54(43-21-11-5-12-22-43)44-23-13-6-14-24-44)39(31-37)35-53(41-17-7-3-8-18-41)42-19-9-4-10-20-42/h3-14,17-28,33-34,39-40H,15-16,29-32,35-36H2,1-2H3/t39-,40-/m0/s1. The third kappa shape index (κ3) is 9.72. The predicted octanol–water partition coefficient (Wildman–Crippen LogP) is 9.54. The molecule has 0 saturated carbocycles. The van der Waals surface area contributed by atoms with Gasteiger partial charge < -0.3 is 18.9 Å². The van der Waals surface area contributed by atoms with Gasteiger partial charge in [-0.25, -0.2) is 0 Å². The maximum atomic E-state index is 6.27. The molecule has 0 fully saturated rings. The monoisotopic (exact) mass is 752 g/mol. The van der Waals surface area contributed by atoms with Crippen molar-refractivity contribution in [1.82, 2.24) is 0 Å². The van der Waals surface area contributed by atoms with Crippen LogP contribution in [0.2, 0.25) is 0 Å². The second kappa shape index (κ2) is 19.1. The summed E-state index contributed by atoms with van der Waals surface area (Å²) >= 11 is 0. The van der Waals surface area contributed by atoms with Crippen molar-refractivity contribution in [3.63, 3.8) is 0 Å². The Hall–Kier alpha value is -4.62. The van der Waals surface area contributed by atoms with Crippen molar-refractivity contribution < 1.29 is 18.9 Å². The lowest BCUT2D eigenvalue weighted by Gasteiger charge is -2.34. The summed E-state index contributed by atoms with van der Waals surface area (Å²) in [5.74, 6) is 3.85. The number of methoxy groups -OCH3 is 2. The second-order valence-electron chi connectivity index (χ2n) is 13.9. The Morgan fingerprint density at radius 1 is 0.463 bits per heavy atom. The molecular weight excluding hydrogens is 702 g/mol. The smallest absolute Gasteiger partial charge is 0.161 e. The number of hydrogen-bond donors (Lipinski definition) is 0. The Morgan fingerprint density at radius 2 is 0.796 bits per heavy atom. The summed E-state index contributed by atoms with van der Waals surface area (Å²) in [7, 11) is 2.19. The van der Waals surface area contributed by atoms with Crippen molar-refractivity contribution in [1.29, 1.82) is 0 Å². The van der Waals surface area contributed by atoms with Crippen LogP contribution in [0.5, 0.6) is 23.0 Å². The number of ether oxygens (including phenoxy) is 4. The summed E-state index contributed by atoms with van der Waals surface area (Å²) in [4.78, 5) is 0. The first-order valence-corrected chi connectivity index (χ1v) is 22.1. The minimum atomic E-state index is -0.655. The van der Waals surface area contributed by atoms with E-state index in [1.54, 1.807) is 14.2 Å². The van der Waals surface area contributed by atoms with Crippen LogP contribution in [-0.4, -0.2) is 39.8 Å². The van der Waals surface area contributed by atoms with Crippen LogP contribution < -0.4 is 40.2 Å². The SMILES string of the molecule is COc1cc2ccc1OCCCCOc1ccc(cc1OC)C[C@@H](CP(c1ccccc1)c1ccccc1)[C@H](CP(c1ccccc1)c1ccccc1)C2. The van der Waals surface area contributed by atoms with E-state index in [0.29, 0.717) is 25.0 Å². The molecular formula is C48H50O4P2. The molecule has 4 nitrogen and oxygen atoms in total. The van der Waals surface area contributed by atoms with Gasteiger partial charge in [0, 0.05) is 0 Å². The molecule has 10 rings (SSSR count). The summed E-state index contributed by atoms with van der Waals surface area (Å²) in [6.45, 7) is 1.20. The molecule has 0 amide bonds. The van der Waals surface area contributed by atoms with Crippen LogP contribution in [-0.2, 0) is 12.8 Å². The molecule has 0 saturated heterocycles. The average molecular weight is 753 g/mol. The molecule has 276 valence electrons. The highest BCUT2D eigenvalue weighted by Gasteiger charge is 2.31. The fourth-order valence-electron chi connectivity index (χ4n) is 7.47. The minimum absolute atomic E-state index is 0.339. The van der Waals surface area contributed by atoms with E-state index in [1.807, 2.05) is 0 Å². The van der Waals surface area contributed by atoms with Gasteiger partial charge in [0.05, 0.1) is 27.4 Å². The largest absolute Gasteiger partial charge is 0.493 e. The first kappa shape index (κ1) is 37.7. The van der Waals surface area contributed by atoms with E-state index in [1.165, 1.54) is 32.3 Å². The van der Waals surface area contributed by atoms with Crippen LogP contribution >= 0.6 is 15.8 Å². The molecule has 4 aliphatic rings. The molecule has 0 aliphatic carbocycles. The Bertz CT molecular complexity index is 1800. The van der Waals surface area contributed by atoms with Gasteiger partial charge in [-0.1, -0.05) is 133 Å². The van der Waals surface area contributed by atoms with Crippen LogP contribution in [0.1, 0.15) is 24.0 Å². The third-order valence-corrected chi connectivity index (χ3v) is 15.6. The molecule has 4 bridgehead atoms. The highest BCUT2D eigenvalue weighted by atomic mass is 31.1. The molecule has 0 radical (unpaired) electrons. The van der Waals surface area contributed by atoms with E-state index in [2.05, 4.69) is 158 Å². The quantitative estimate of drug-likeness (QED) is 0.131. The maximum absolute atomic E-state index is 6.27. The van der Waals surface area contributed by atoms with Gasteiger partial charge in [0.25, 0.3) is 0 Å². The van der Waals surface area contributed by atoms with Gasteiger partial charge in [0.15, 0.2) is 23.0 Å². The molecule has 0 unspecified atom stereocenters. The van der Waals surface area contributed by atoms with Crippen molar-refractivity contribution in [3.8, 4) is 23.0 Å². The second-order valence-corrected chi connectivity index (χ2v) is 18.4. The van der Waals surface area contributed by atoms with Crippen LogP contribution in [0.3, 0.4) is 0 Å². The fourth-order valence-corrected chi connectivity index (χ4v) is 12.8. The molecule has 2 atom stereocenters. The van der Waals surface area contributed by atoms with Crippen molar-refractivity contribution >= 4 is 37.1 Å². The van der Waals surface area contributed by atoms with E-state index in [4.69, 9.17) is 18.9 Å². The lowest BCUT2D eigenvalue weighted by Crippen LogP contribution is -2.31. The molecule has 0 spiro atoms. The molecule has 6 aromatic carbocycles. The van der Waals surface area contributed by atoms with Gasteiger partial charge in [0.1, 0.15) is 0 Å². The van der Waals surface area contributed by atoms with E-state index in [-0.39, 0.29) is 0 Å². The Labute approximate surface area is 324 Å². The van der Waals surface area contributed by atoms with Crippen LogP contribution in [0.15, 0.2) is 158 Å². The van der Waals surface area contributed by atoms with Gasteiger partial charge >= 0.3 is 0 Å². The number of benzene rings is 6. The van der Waals surface area contributed by atoms with E-state index >= 15 is 0 Å². The third-order valence-electron chi connectivity index (χ3n) is 10.3. The van der Waals surface area contributed by atoms with Gasteiger partial charge in [-0.3, -0.25) is 0 Å². The number of hydrogen-bond acceptors (Lipinski definition) is 4. The highest BCUT2D eigenvalue weighted by Crippen LogP contribution is 2.45. The van der Waals surface area contributed by atoms with Gasteiger partial charge in [-0.05, 0) is 122 Å². The predicted molar refractivity (Wildman–Crippen MR) is 228 cm³/mol. The molecule has 4 heterocycles. The van der Waals surface area contributed by atoms with Crippen LogP contribution in [0, 0.1) is 11.8 Å². The summed E-state index contributed by atoms with van der Waals surface area (Å²) in [5.41, 5.74) is 2.55. The zero-order valence-electron chi connectivity index (χ0n) is 31.4. The normalized spacial score (nSPS) is 16.3. The van der Waals surface area contributed by atoms with Gasteiger partial charge in [0.2, 0.25) is 0 Å². The molecule has 0 N–H and O–H groups in total. The van der Waals surface area contributed by atoms with Crippen molar-refractivity contribution in [2.24, 2.45) is 11.8 Å². The van der Waals surface area contributed by atoms with Crippen molar-refractivity contribution in [2.75, 3.05) is 39.8 Å². The van der Waals surface area contributed by atoms with E-state index < -0.39 is 15.8 Å². The lowest BCUT2D eigenvalue weighted by atomic mass is 9.85. The van der Waals surface area contributed by atoms with Crippen LogP contribution in [0.4, 0.5) is 0 Å². The fraction of sp³-hybridized carbons (Fsp3) is 0.250. The van der Waals surface area contributed by atoms with Gasteiger partial charge in [-0.15, -0.1) is 0 Å². The first-order valence-electron chi connectivity index (χ1n) is 19.0. The molecule has 6 heteroatoms. The number of rotatable bonds is 10. The summed E-state index contributed by atoms with van der Waals surface area (Å²) in [5, 5.41) is 5.65. The molecule has 54 heavy (non-hydrogen) atoms. The summed E-state index contributed by atoms with van der Waals surface area (Å²) in [6.07, 6.45) is 5.71. The summed E-state index contributed by atoms with van der Waals surface area (Å²) in [6, 6.07) is 57.9. The molecule has 6 aromatic rings. The first-order chi connectivity index (χ1) is 26.7. The van der Waals surface area contributed by atoms with Gasteiger partial charge in [-0.2, -0.15) is 0 Å². The topological polar surface area (TPSA) is 36.9 Å². The Kier molecular flexibility index (Phi) is 13.3. The minimum Gasteiger partial charge on any atom is -0.493 e. The zero-order chi connectivity index (χ0) is 37.0. The van der Waals surface area contributed by atoms with Crippen molar-refractivity contribution in [3.05, 3.63) is 169 Å². The Morgan fingerprint density at radius 3 is 1.11 bits per heavy atom. The maximum Gasteiger partial charge on any atom is 0.161 e. The lowest BCUT2D eigenvalue weighted by molar-refractivity contribution is 0.252. The molecule has 4 aliphatic heterocycles. The zero-order valence-corrected chi connectivity index (χ0v) is 33.1. The highest BCUT2D eigenvalue weighted by molar-refractivity contribution is 7.73. The summed E-state index contributed by atoms with van der Waals surface area (Å²) < 4.78 is 24.5. The van der Waals surface area contributed by atoms with Crippen LogP contribution in [0.25, 0.3) is 0 Å². The molecule has 0 aromatic heterocycles. The Balaban J connectivity index is 1.38. The van der Waals surface area contributed by atoms with E-state index in [0.717, 1.165) is 61.0 Å².